The van der Waals surface area contributed by atoms with Crippen molar-refractivity contribution >= 4 is 23.0 Å². The normalized spacial score (nSPS) is 30.1. The molecule has 1 aromatic heterocycles. The van der Waals surface area contributed by atoms with Crippen LogP contribution >= 0.6 is 11.3 Å². The molecule has 2 bridgehead atoms. The molecule has 4 nitrogen and oxygen atoms in total. The minimum Gasteiger partial charge on any atom is -0.345 e. The highest BCUT2D eigenvalue weighted by Gasteiger charge is 2.35. The number of amides is 1. The lowest BCUT2D eigenvalue weighted by Gasteiger charge is -2.44. The van der Waals surface area contributed by atoms with E-state index in [1.54, 1.807) is 12.1 Å². The van der Waals surface area contributed by atoms with Gasteiger partial charge in [-0.3, -0.25) is 9.59 Å². The minimum atomic E-state index is -0.448. The van der Waals surface area contributed by atoms with Crippen molar-refractivity contribution in [3.63, 3.8) is 0 Å². The molecule has 18 heavy (non-hydrogen) atoms. The highest BCUT2D eigenvalue weighted by atomic mass is 32.1. The number of rotatable bonds is 3. The van der Waals surface area contributed by atoms with Gasteiger partial charge in [-0.25, -0.2) is 0 Å². The van der Waals surface area contributed by atoms with Gasteiger partial charge >= 0.3 is 0 Å². The zero-order valence-corrected chi connectivity index (χ0v) is 10.9. The molecule has 0 saturated carbocycles. The van der Waals surface area contributed by atoms with Crippen LogP contribution in [0.3, 0.4) is 0 Å². The van der Waals surface area contributed by atoms with Gasteiger partial charge in [-0.15, -0.1) is 11.3 Å². The second-order valence-electron chi connectivity index (χ2n) is 5.02. The molecule has 3 fully saturated rings. The fraction of sp³-hybridized carbons (Fsp3) is 0.538. The summed E-state index contributed by atoms with van der Waals surface area (Å²) >= 11 is 1.32. The Labute approximate surface area is 110 Å². The quantitative estimate of drug-likeness (QED) is 0.658. The van der Waals surface area contributed by atoms with Gasteiger partial charge in [0.1, 0.15) is 0 Å². The van der Waals surface area contributed by atoms with Gasteiger partial charge in [0, 0.05) is 12.6 Å². The maximum absolute atomic E-state index is 11.9. The first-order chi connectivity index (χ1) is 8.74. The molecule has 3 aliphatic rings. The van der Waals surface area contributed by atoms with Crippen LogP contribution < -0.4 is 5.32 Å². The summed E-state index contributed by atoms with van der Waals surface area (Å²) in [6.07, 6.45) is 2.27. The first-order valence-electron chi connectivity index (χ1n) is 6.35. The fourth-order valence-electron chi connectivity index (χ4n) is 2.88. The fourth-order valence-corrected chi connectivity index (χ4v) is 3.54. The van der Waals surface area contributed by atoms with Gasteiger partial charge in [0.15, 0.2) is 0 Å². The zero-order valence-electron chi connectivity index (χ0n) is 10.1. The van der Waals surface area contributed by atoms with Crippen molar-refractivity contribution in [2.45, 2.75) is 18.9 Å². The number of hydrogen-bond acceptors (Lipinski definition) is 4. The number of carbonyl (C=O) groups is 2. The molecule has 4 rings (SSSR count). The molecule has 4 heterocycles. The van der Waals surface area contributed by atoms with Crippen LogP contribution in [0.5, 0.6) is 0 Å². The van der Waals surface area contributed by atoms with E-state index in [0.717, 1.165) is 32.5 Å². The molecule has 0 aliphatic carbocycles. The van der Waals surface area contributed by atoms with Crippen molar-refractivity contribution in [3.8, 4) is 0 Å². The lowest BCUT2D eigenvalue weighted by atomic mass is 9.84. The van der Waals surface area contributed by atoms with Gasteiger partial charge in [0.2, 0.25) is 0 Å². The number of hydrogen-bond donors (Lipinski definition) is 1. The number of Topliss-reactive ketones (excluding diaryl/α,β-unsaturated/α-hetero) is 1. The number of nitrogens with one attached hydrogen (secondary N) is 1. The van der Waals surface area contributed by atoms with Crippen LogP contribution in [0.2, 0.25) is 0 Å². The average molecular weight is 264 g/mol. The van der Waals surface area contributed by atoms with Crippen molar-refractivity contribution in [3.05, 3.63) is 22.4 Å². The summed E-state index contributed by atoms with van der Waals surface area (Å²) < 4.78 is 0. The van der Waals surface area contributed by atoms with E-state index in [0.29, 0.717) is 10.8 Å². The van der Waals surface area contributed by atoms with Gasteiger partial charge in [0.25, 0.3) is 11.7 Å². The second kappa shape index (κ2) is 4.82. The molecule has 1 amide bonds. The molecule has 0 unspecified atom stereocenters. The molecule has 5 heteroatoms. The Bertz CT molecular complexity index is 450. The molecule has 1 N–H and O–H groups in total. The Morgan fingerprint density at radius 1 is 1.33 bits per heavy atom. The maximum atomic E-state index is 11.9. The van der Waals surface area contributed by atoms with E-state index in [2.05, 4.69) is 10.2 Å². The standard InChI is InChI=1S/C13H16N2O2S/c16-12(11-2-1-7-18-11)13(17)14-10-8-15-5-3-9(10)4-6-15/h1-2,7,9-10H,3-6,8H2,(H,14,17)/t10-/m1/s1. The van der Waals surface area contributed by atoms with E-state index in [1.165, 1.54) is 11.3 Å². The van der Waals surface area contributed by atoms with Crippen LogP contribution in [0.25, 0.3) is 0 Å². The Morgan fingerprint density at radius 3 is 2.67 bits per heavy atom. The number of fused-ring (bicyclic) bond motifs is 3. The van der Waals surface area contributed by atoms with E-state index >= 15 is 0 Å². The van der Waals surface area contributed by atoms with E-state index in [1.807, 2.05) is 5.38 Å². The van der Waals surface area contributed by atoms with E-state index in [9.17, 15) is 9.59 Å². The number of nitrogens with zero attached hydrogens (tertiary/aromatic N) is 1. The van der Waals surface area contributed by atoms with Crippen molar-refractivity contribution in [1.82, 2.24) is 10.2 Å². The summed E-state index contributed by atoms with van der Waals surface area (Å²) in [5, 5.41) is 4.73. The van der Waals surface area contributed by atoms with Crippen LogP contribution in [0.1, 0.15) is 22.5 Å². The molecule has 1 aromatic rings. The molecule has 0 radical (unpaired) electrons. The van der Waals surface area contributed by atoms with E-state index < -0.39 is 11.7 Å². The average Bonchev–Trinajstić information content (AvgIpc) is 2.93. The summed E-state index contributed by atoms with van der Waals surface area (Å²) in [5.41, 5.74) is 0. The van der Waals surface area contributed by atoms with E-state index in [-0.39, 0.29) is 6.04 Å². The zero-order chi connectivity index (χ0) is 12.5. The predicted molar refractivity (Wildman–Crippen MR) is 69.7 cm³/mol. The summed E-state index contributed by atoms with van der Waals surface area (Å²) in [4.78, 5) is 26.7. The molecule has 96 valence electrons. The van der Waals surface area contributed by atoms with Gasteiger partial charge in [0.05, 0.1) is 4.88 Å². The first kappa shape index (κ1) is 11.9. The third-order valence-corrected chi connectivity index (χ3v) is 4.79. The minimum absolute atomic E-state index is 0.156. The van der Waals surface area contributed by atoms with Gasteiger partial charge in [-0.05, 0) is 43.3 Å². The summed E-state index contributed by atoms with van der Waals surface area (Å²) in [5.74, 6) is -0.298. The number of piperidine rings is 3. The highest BCUT2D eigenvalue weighted by Crippen LogP contribution is 2.27. The third kappa shape index (κ3) is 2.20. The maximum Gasteiger partial charge on any atom is 0.293 e. The van der Waals surface area contributed by atoms with Crippen LogP contribution in [0, 0.1) is 5.92 Å². The van der Waals surface area contributed by atoms with Gasteiger partial charge in [-0.2, -0.15) is 0 Å². The smallest absolute Gasteiger partial charge is 0.293 e. The Kier molecular flexibility index (Phi) is 3.18. The van der Waals surface area contributed by atoms with Gasteiger partial charge < -0.3 is 10.2 Å². The van der Waals surface area contributed by atoms with Crippen molar-refractivity contribution in [2.24, 2.45) is 5.92 Å². The predicted octanol–water partition coefficient (Wildman–Crippen LogP) is 1.14. The monoisotopic (exact) mass is 264 g/mol. The number of thiophene rings is 1. The third-order valence-electron chi connectivity index (χ3n) is 3.92. The summed E-state index contributed by atoms with van der Waals surface area (Å²) in [6, 6.07) is 3.65. The molecule has 3 saturated heterocycles. The Morgan fingerprint density at radius 2 is 2.11 bits per heavy atom. The van der Waals surface area contributed by atoms with Crippen molar-refractivity contribution < 1.29 is 9.59 Å². The first-order valence-corrected chi connectivity index (χ1v) is 7.23. The second-order valence-corrected chi connectivity index (χ2v) is 5.97. The molecular formula is C13H16N2O2S. The van der Waals surface area contributed by atoms with E-state index in [4.69, 9.17) is 0 Å². The SMILES string of the molecule is O=C(N[C@@H]1CN2CCC1CC2)C(=O)c1cccs1. The van der Waals surface area contributed by atoms with Crippen molar-refractivity contribution in [2.75, 3.05) is 19.6 Å². The molecule has 3 aliphatic heterocycles. The van der Waals surface area contributed by atoms with Crippen LogP contribution in [0.15, 0.2) is 17.5 Å². The topological polar surface area (TPSA) is 49.4 Å². The summed E-state index contributed by atoms with van der Waals surface area (Å²) in [6.45, 7) is 3.17. The highest BCUT2D eigenvalue weighted by molar-refractivity contribution is 7.13. The number of carbonyl (C=O) groups excluding carboxylic acids is 2. The van der Waals surface area contributed by atoms with Crippen molar-refractivity contribution in [1.29, 1.82) is 0 Å². The molecule has 0 spiro atoms. The molecule has 1 atom stereocenters. The summed E-state index contributed by atoms with van der Waals surface area (Å²) in [7, 11) is 0. The Hall–Kier alpha value is -1.20. The lowest BCUT2D eigenvalue weighted by Crippen LogP contribution is -2.58. The largest absolute Gasteiger partial charge is 0.345 e. The lowest BCUT2D eigenvalue weighted by molar-refractivity contribution is -0.119. The van der Waals surface area contributed by atoms with Crippen LogP contribution in [0.4, 0.5) is 0 Å². The van der Waals surface area contributed by atoms with Crippen LogP contribution in [-0.4, -0.2) is 42.3 Å². The molecular weight excluding hydrogens is 248 g/mol. The van der Waals surface area contributed by atoms with Gasteiger partial charge in [-0.1, -0.05) is 6.07 Å². The number of ketones is 1. The van der Waals surface area contributed by atoms with Crippen LogP contribution in [-0.2, 0) is 4.79 Å². The molecule has 0 aromatic carbocycles. The Balaban J connectivity index is 1.63.